The van der Waals surface area contributed by atoms with E-state index >= 15 is 0 Å². The maximum Gasteiger partial charge on any atom is 0.271 e. The summed E-state index contributed by atoms with van der Waals surface area (Å²) in [7, 11) is 1.73. The van der Waals surface area contributed by atoms with E-state index in [0.29, 0.717) is 18.2 Å². The third-order valence-electron chi connectivity index (χ3n) is 4.35. The average molecular weight is 279 g/mol. The second-order valence-electron chi connectivity index (χ2n) is 5.79. The standard InChI is InChI=1S/C14H21N3O3/c1-19-7-3-11-8-14(20-9-11)4-6-17(10-14)13(18)12-2-5-15-16-12/h2,5,11H,3-4,6-10H2,1H3,(H,15,16)/t11-,14+/m1/s1. The summed E-state index contributed by atoms with van der Waals surface area (Å²) >= 11 is 0. The highest BCUT2D eigenvalue weighted by Crippen LogP contribution is 2.39. The van der Waals surface area contributed by atoms with Crippen LogP contribution in [-0.2, 0) is 9.47 Å². The van der Waals surface area contributed by atoms with Crippen molar-refractivity contribution in [3.05, 3.63) is 18.0 Å². The van der Waals surface area contributed by atoms with E-state index in [1.165, 1.54) is 0 Å². The van der Waals surface area contributed by atoms with Gasteiger partial charge < -0.3 is 14.4 Å². The van der Waals surface area contributed by atoms with E-state index < -0.39 is 0 Å². The van der Waals surface area contributed by atoms with Crippen LogP contribution in [0.25, 0.3) is 0 Å². The zero-order chi connectivity index (χ0) is 14.0. The number of rotatable bonds is 4. The molecule has 3 heterocycles. The van der Waals surface area contributed by atoms with Gasteiger partial charge in [-0.05, 0) is 31.2 Å². The number of carbonyl (C=O) groups is 1. The van der Waals surface area contributed by atoms with E-state index in [9.17, 15) is 4.79 Å². The molecule has 0 radical (unpaired) electrons. The monoisotopic (exact) mass is 279 g/mol. The molecule has 1 spiro atoms. The molecule has 6 heteroatoms. The molecule has 1 amide bonds. The van der Waals surface area contributed by atoms with Crippen molar-refractivity contribution in [2.75, 3.05) is 33.4 Å². The van der Waals surface area contributed by atoms with Gasteiger partial charge in [-0.25, -0.2) is 0 Å². The molecule has 6 nitrogen and oxygen atoms in total. The van der Waals surface area contributed by atoms with E-state index in [1.54, 1.807) is 19.4 Å². The van der Waals surface area contributed by atoms with Gasteiger partial charge in [-0.15, -0.1) is 0 Å². The number of nitrogens with zero attached hydrogens (tertiary/aromatic N) is 2. The van der Waals surface area contributed by atoms with Crippen LogP contribution in [0.2, 0.25) is 0 Å². The fourth-order valence-electron chi connectivity index (χ4n) is 3.26. The third-order valence-corrected chi connectivity index (χ3v) is 4.35. The van der Waals surface area contributed by atoms with Crippen LogP contribution in [0.1, 0.15) is 29.8 Å². The van der Waals surface area contributed by atoms with Crippen LogP contribution in [-0.4, -0.2) is 60.0 Å². The molecule has 1 aromatic rings. The number of methoxy groups -OCH3 is 1. The molecule has 2 atom stereocenters. The van der Waals surface area contributed by atoms with Crippen LogP contribution < -0.4 is 0 Å². The summed E-state index contributed by atoms with van der Waals surface area (Å²) in [5.74, 6) is 0.570. The normalized spacial score (nSPS) is 29.4. The fraction of sp³-hybridized carbons (Fsp3) is 0.714. The summed E-state index contributed by atoms with van der Waals surface area (Å²) in [6.07, 6.45) is 4.60. The van der Waals surface area contributed by atoms with Gasteiger partial charge in [-0.1, -0.05) is 0 Å². The highest BCUT2D eigenvalue weighted by molar-refractivity contribution is 5.92. The molecule has 2 aliphatic heterocycles. The predicted molar refractivity (Wildman–Crippen MR) is 72.4 cm³/mol. The Kier molecular flexibility index (Phi) is 3.76. The van der Waals surface area contributed by atoms with Gasteiger partial charge >= 0.3 is 0 Å². The van der Waals surface area contributed by atoms with E-state index in [0.717, 1.165) is 39.0 Å². The molecule has 2 saturated heterocycles. The number of hydrogen-bond acceptors (Lipinski definition) is 4. The van der Waals surface area contributed by atoms with Gasteiger partial charge in [0.25, 0.3) is 5.91 Å². The molecule has 3 rings (SSSR count). The largest absolute Gasteiger partial charge is 0.385 e. The van der Waals surface area contributed by atoms with Gasteiger partial charge in [0.15, 0.2) is 0 Å². The summed E-state index contributed by atoms with van der Waals surface area (Å²) in [6.45, 7) is 3.01. The maximum absolute atomic E-state index is 12.3. The summed E-state index contributed by atoms with van der Waals surface area (Å²) in [6, 6.07) is 1.71. The average Bonchev–Trinajstić information content (AvgIpc) is 3.18. The van der Waals surface area contributed by atoms with Crippen molar-refractivity contribution < 1.29 is 14.3 Å². The topological polar surface area (TPSA) is 67.5 Å². The zero-order valence-corrected chi connectivity index (χ0v) is 11.8. The van der Waals surface area contributed by atoms with E-state index in [2.05, 4.69) is 10.2 Å². The lowest BCUT2D eigenvalue weighted by Gasteiger charge is -2.23. The SMILES string of the molecule is COCC[C@H]1CO[C@@]2(CCN(C(=O)c3ccn[nH]3)C2)C1. The van der Waals surface area contributed by atoms with Crippen LogP contribution in [0, 0.1) is 5.92 Å². The Bertz CT molecular complexity index is 462. The van der Waals surface area contributed by atoms with Gasteiger partial charge in [-0.2, -0.15) is 5.10 Å². The summed E-state index contributed by atoms with van der Waals surface area (Å²) in [4.78, 5) is 14.1. The molecule has 110 valence electrons. The van der Waals surface area contributed by atoms with Gasteiger partial charge in [0, 0.05) is 26.5 Å². The Balaban J connectivity index is 1.58. The van der Waals surface area contributed by atoms with Crippen LogP contribution in [0.5, 0.6) is 0 Å². The first-order valence-electron chi connectivity index (χ1n) is 7.14. The molecule has 20 heavy (non-hydrogen) atoms. The lowest BCUT2D eigenvalue weighted by atomic mass is 9.92. The molecule has 0 bridgehead atoms. The second kappa shape index (κ2) is 5.54. The van der Waals surface area contributed by atoms with Gasteiger partial charge in [-0.3, -0.25) is 9.89 Å². The molecule has 0 aliphatic carbocycles. The van der Waals surface area contributed by atoms with Crippen LogP contribution in [0.15, 0.2) is 12.3 Å². The van der Waals surface area contributed by atoms with Crippen molar-refractivity contribution in [3.63, 3.8) is 0 Å². The van der Waals surface area contributed by atoms with Gasteiger partial charge in [0.05, 0.1) is 18.8 Å². The summed E-state index contributed by atoms with van der Waals surface area (Å²) < 4.78 is 11.2. The highest BCUT2D eigenvalue weighted by Gasteiger charge is 2.46. The number of likely N-dealkylation sites (tertiary alicyclic amines) is 1. The van der Waals surface area contributed by atoms with Crippen molar-refractivity contribution in [1.29, 1.82) is 0 Å². The molecular formula is C14H21N3O3. The van der Waals surface area contributed by atoms with E-state index in [-0.39, 0.29) is 11.5 Å². The predicted octanol–water partition coefficient (Wildman–Crippen LogP) is 1.07. The van der Waals surface area contributed by atoms with Crippen molar-refractivity contribution in [2.24, 2.45) is 5.92 Å². The molecular weight excluding hydrogens is 258 g/mol. The van der Waals surface area contributed by atoms with Crippen molar-refractivity contribution in [3.8, 4) is 0 Å². The first kappa shape index (κ1) is 13.6. The lowest BCUT2D eigenvalue weighted by Crippen LogP contribution is -2.36. The Hall–Kier alpha value is -1.40. The number of aromatic nitrogens is 2. The maximum atomic E-state index is 12.3. The van der Waals surface area contributed by atoms with E-state index in [1.807, 2.05) is 4.90 Å². The van der Waals surface area contributed by atoms with Crippen molar-refractivity contribution >= 4 is 5.91 Å². The minimum atomic E-state index is -0.131. The number of aromatic amines is 1. The van der Waals surface area contributed by atoms with Gasteiger partial charge in [0.1, 0.15) is 5.69 Å². The van der Waals surface area contributed by atoms with Crippen LogP contribution >= 0.6 is 0 Å². The molecule has 2 aliphatic rings. The van der Waals surface area contributed by atoms with Gasteiger partial charge in [0.2, 0.25) is 0 Å². The molecule has 0 saturated carbocycles. The van der Waals surface area contributed by atoms with Crippen LogP contribution in [0.3, 0.4) is 0 Å². The first-order valence-corrected chi connectivity index (χ1v) is 7.14. The lowest BCUT2D eigenvalue weighted by molar-refractivity contribution is 0.0112. The number of nitrogens with one attached hydrogen (secondary N) is 1. The Morgan fingerprint density at radius 2 is 2.60 bits per heavy atom. The molecule has 0 unspecified atom stereocenters. The molecule has 1 N–H and O–H groups in total. The van der Waals surface area contributed by atoms with E-state index in [4.69, 9.17) is 9.47 Å². The number of carbonyl (C=O) groups excluding carboxylic acids is 1. The Morgan fingerprint density at radius 1 is 1.70 bits per heavy atom. The minimum absolute atomic E-state index is 0.0170. The highest BCUT2D eigenvalue weighted by atomic mass is 16.5. The molecule has 1 aromatic heterocycles. The Morgan fingerprint density at radius 3 is 3.35 bits per heavy atom. The third kappa shape index (κ3) is 2.58. The minimum Gasteiger partial charge on any atom is -0.385 e. The second-order valence-corrected chi connectivity index (χ2v) is 5.79. The van der Waals surface area contributed by atoms with Crippen LogP contribution in [0.4, 0.5) is 0 Å². The smallest absolute Gasteiger partial charge is 0.271 e. The first-order chi connectivity index (χ1) is 9.72. The molecule has 2 fully saturated rings. The summed E-state index contributed by atoms with van der Waals surface area (Å²) in [5, 5.41) is 6.56. The van der Waals surface area contributed by atoms with Crippen molar-refractivity contribution in [2.45, 2.75) is 24.9 Å². The fourth-order valence-corrected chi connectivity index (χ4v) is 3.26. The zero-order valence-electron chi connectivity index (χ0n) is 11.8. The number of ether oxygens (including phenoxy) is 2. The number of H-pyrrole nitrogens is 1. The number of hydrogen-bond donors (Lipinski definition) is 1. The Labute approximate surface area is 118 Å². The molecule has 0 aromatic carbocycles. The summed E-state index contributed by atoms with van der Waals surface area (Å²) in [5.41, 5.74) is 0.421. The van der Waals surface area contributed by atoms with Crippen molar-refractivity contribution in [1.82, 2.24) is 15.1 Å². The quantitative estimate of drug-likeness (QED) is 0.895. The number of amides is 1.